The number of halogens is 2. The molecule has 1 aliphatic carbocycles. The van der Waals surface area contributed by atoms with Crippen LogP contribution in [0.4, 0.5) is 5.69 Å². The maximum Gasteiger partial charge on any atom is 0.264 e. The van der Waals surface area contributed by atoms with Gasteiger partial charge in [0.15, 0.2) is 0 Å². The Morgan fingerprint density at radius 3 is 2.23 bits per heavy atom. The predicted octanol–water partition coefficient (Wildman–Crippen LogP) is 5.97. The fourth-order valence-electron chi connectivity index (χ4n) is 4.75. The third kappa shape index (κ3) is 7.16. The fraction of sp³-hybridized carbons (Fsp3) is 0.333. The second-order valence-electron chi connectivity index (χ2n) is 10.1. The van der Waals surface area contributed by atoms with E-state index in [0.29, 0.717) is 0 Å². The Morgan fingerprint density at radius 2 is 1.60 bits per heavy atom. The van der Waals surface area contributed by atoms with Crippen molar-refractivity contribution in [3.8, 4) is 0 Å². The third-order valence-corrected chi connectivity index (χ3v) is 9.67. The van der Waals surface area contributed by atoms with Gasteiger partial charge < -0.3 is 10.2 Å². The van der Waals surface area contributed by atoms with Gasteiger partial charge in [-0.3, -0.25) is 13.9 Å². The van der Waals surface area contributed by atoms with Crippen molar-refractivity contribution in [2.45, 2.75) is 63.1 Å². The molecule has 0 heterocycles. The highest BCUT2D eigenvalue weighted by atomic mass is 35.5. The Hall–Kier alpha value is -3.07. The van der Waals surface area contributed by atoms with E-state index in [1.54, 1.807) is 25.1 Å². The summed E-state index contributed by atoms with van der Waals surface area (Å²) in [5, 5.41) is 3.48. The van der Waals surface area contributed by atoms with Gasteiger partial charge in [-0.2, -0.15) is 0 Å². The minimum absolute atomic E-state index is 0.0194. The number of hydrogen-bond acceptors (Lipinski definition) is 4. The van der Waals surface area contributed by atoms with Crippen LogP contribution in [0.25, 0.3) is 0 Å². The first kappa shape index (κ1) is 29.9. The van der Waals surface area contributed by atoms with Crippen LogP contribution < -0.4 is 9.62 Å². The molecule has 1 atom stereocenters. The molecular formula is C30H33Cl2N3O4S. The largest absolute Gasteiger partial charge is 0.352 e. The number of nitrogens with zero attached hydrogens (tertiary/aromatic N) is 2. The summed E-state index contributed by atoms with van der Waals surface area (Å²) in [6, 6.07) is 19.2. The summed E-state index contributed by atoms with van der Waals surface area (Å²) in [6.07, 6.45) is 3.93. The lowest BCUT2D eigenvalue weighted by atomic mass is 10.1. The van der Waals surface area contributed by atoms with E-state index in [0.717, 1.165) is 41.1 Å². The Labute approximate surface area is 246 Å². The molecule has 0 aliphatic heterocycles. The molecule has 0 saturated heterocycles. The number of hydrogen-bond donors (Lipinski definition) is 1. The second-order valence-corrected chi connectivity index (χ2v) is 12.8. The smallest absolute Gasteiger partial charge is 0.264 e. The average Bonchev–Trinajstić information content (AvgIpc) is 3.46. The zero-order valence-electron chi connectivity index (χ0n) is 22.5. The third-order valence-electron chi connectivity index (χ3n) is 7.14. The highest BCUT2D eigenvalue weighted by molar-refractivity contribution is 7.92. The molecule has 1 fully saturated rings. The van der Waals surface area contributed by atoms with Crippen molar-refractivity contribution in [3.63, 3.8) is 0 Å². The number of sulfonamides is 1. The van der Waals surface area contributed by atoms with Crippen LogP contribution in [-0.2, 0) is 26.2 Å². The molecule has 1 saturated carbocycles. The molecule has 3 aromatic rings. The van der Waals surface area contributed by atoms with Gasteiger partial charge in [0.2, 0.25) is 11.8 Å². The summed E-state index contributed by atoms with van der Waals surface area (Å²) >= 11 is 12.3. The summed E-state index contributed by atoms with van der Waals surface area (Å²) in [4.78, 5) is 28.7. The molecule has 0 unspecified atom stereocenters. The van der Waals surface area contributed by atoms with Gasteiger partial charge in [-0.25, -0.2) is 8.42 Å². The first-order valence-electron chi connectivity index (χ1n) is 13.2. The maximum absolute atomic E-state index is 14.0. The summed E-state index contributed by atoms with van der Waals surface area (Å²) in [6.45, 7) is 3.24. The SMILES string of the molecule is Cc1ccc(CN(C(=O)CN(c2ccc(Cl)c(Cl)c2)S(=O)(=O)c2ccccc2)[C@H](C)C(=O)NC2CCCC2)cc1. The van der Waals surface area contributed by atoms with Gasteiger partial charge in [-0.05, 0) is 62.6 Å². The highest BCUT2D eigenvalue weighted by Crippen LogP contribution is 2.31. The Morgan fingerprint density at radius 1 is 0.950 bits per heavy atom. The van der Waals surface area contributed by atoms with E-state index in [-0.39, 0.29) is 39.1 Å². The van der Waals surface area contributed by atoms with Crippen molar-refractivity contribution in [1.29, 1.82) is 0 Å². The molecule has 1 N–H and O–H groups in total. The van der Waals surface area contributed by atoms with Gasteiger partial charge >= 0.3 is 0 Å². The lowest BCUT2D eigenvalue weighted by Crippen LogP contribution is -2.52. The van der Waals surface area contributed by atoms with Crippen LogP contribution in [0.5, 0.6) is 0 Å². The van der Waals surface area contributed by atoms with Crippen LogP contribution in [0.3, 0.4) is 0 Å². The molecule has 40 heavy (non-hydrogen) atoms. The summed E-state index contributed by atoms with van der Waals surface area (Å²) in [5.74, 6) is -0.792. The predicted molar refractivity (Wildman–Crippen MR) is 159 cm³/mol. The van der Waals surface area contributed by atoms with Crippen LogP contribution in [0.2, 0.25) is 10.0 Å². The van der Waals surface area contributed by atoms with Gasteiger partial charge in [0.25, 0.3) is 10.0 Å². The number of carbonyl (C=O) groups is 2. The van der Waals surface area contributed by atoms with E-state index in [9.17, 15) is 18.0 Å². The fourth-order valence-corrected chi connectivity index (χ4v) is 6.47. The van der Waals surface area contributed by atoms with Crippen LogP contribution in [0, 0.1) is 6.92 Å². The number of nitrogens with one attached hydrogen (secondary N) is 1. The highest BCUT2D eigenvalue weighted by Gasteiger charge is 2.33. The van der Waals surface area contributed by atoms with Crippen molar-refractivity contribution in [2.24, 2.45) is 0 Å². The minimum Gasteiger partial charge on any atom is -0.352 e. The van der Waals surface area contributed by atoms with Crippen LogP contribution >= 0.6 is 23.2 Å². The van der Waals surface area contributed by atoms with E-state index in [2.05, 4.69) is 5.32 Å². The lowest BCUT2D eigenvalue weighted by molar-refractivity contribution is -0.139. The number of aryl methyl sites for hydroxylation is 1. The van der Waals surface area contributed by atoms with Crippen molar-refractivity contribution >= 4 is 50.7 Å². The lowest BCUT2D eigenvalue weighted by Gasteiger charge is -2.32. The van der Waals surface area contributed by atoms with Crippen molar-refractivity contribution in [3.05, 3.63) is 94.0 Å². The monoisotopic (exact) mass is 601 g/mol. The molecule has 0 aromatic heterocycles. The Balaban J connectivity index is 1.69. The van der Waals surface area contributed by atoms with Gasteiger partial charge in [-0.15, -0.1) is 0 Å². The number of carbonyl (C=O) groups excluding carboxylic acids is 2. The molecule has 2 amide bonds. The second kappa shape index (κ2) is 13.1. The van der Waals surface area contributed by atoms with Gasteiger partial charge in [0.1, 0.15) is 12.6 Å². The zero-order valence-corrected chi connectivity index (χ0v) is 24.8. The molecule has 3 aromatic carbocycles. The number of rotatable bonds is 10. The molecular weight excluding hydrogens is 569 g/mol. The topological polar surface area (TPSA) is 86.8 Å². The molecule has 0 radical (unpaired) electrons. The molecule has 4 rings (SSSR count). The Kier molecular flexibility index (Phi) is 9.77. The van der Waals surface area contributed by atoms with E-state index in [1.165, 1.54) is 35.2 Å². The van der Waals surface area contributed by atoms with E-state index >= 15 is 0 Å². The van der Waals surface area contributed by atoms with Crippen molar-refractivity contribution in [2.75, 3.05) is 10.8 Å². The molecule has 10 heteroatoms. The van der Waals surface area contributed by atoms with Crippen molar-refractivity contribution < 1.29 is 18.0 Å². The molecule has 0 bridgehead atoms. The molecule has 212 valence electrons. The maximum atomic E-state index is 14.0. The van der Waals surface area contributed by atoms with E-state index in [4.69, 9.17) is 23.2 Å². The van der Waals surface area contributed by atoms with Crippen molar-refractivity contribution in [1.82, 2.24) is 10.2 Å². The quantitative estimate of drug-likeness (QED) is 0.310. The number of amides is 2. The van der Waals surface area contributed by atoms with Crippen LogP contribution in [0.15, 0.2) is 77.7 Å². The molecule has 7 nitrogen and oxygen atoms in total. The van der Waals surface area contributed by atoms with Gasteiger partial charge in [-0.1, -0.05) is 84.1 Å². The molecule has 0 spiro atoms. The normalized spacial score (nSPS) is 14.5. The first-order valence-corrected chi connectivity index (χ1v) is 15.4. The van der Waals surface area contributed by atoms with E-state index in [1.807, 2.05) is 31.2 Å². The van der Waals surface area contributed by atoms with Crippen LogP contribution in [-0.4, -0.2) is 43.8 Å². The zero-order chi connectivity index (χ0) is 28.9. The van der Waals surface area contributed by atoms with Crippen LogP contribution in [0.1, 0.15) is 43.7 Å². The number of anilines is 1. The molecule has 1 aliphatic rings. The van der Waals surface area contributed by atoms with Gasteiger partial charge in [0, 0.05) is 12.6 Å². The standard InChI is InChI=1S/C30H33Cl2N3O4S/c1-21-12-14-23(15-13-21)19-34(22(2)30(37)33-24-8-6-7-9-24)29(36)20-35(25-16-17-27(31)28(32)18-25)40(38,39)26-10-4-3-5-11-26/h3-5,10-18,22,24H,6-9,19-20H2,1-2H3,(H,33,37)/t22-/m1/s1. The first-order chi connectivity index (χ1) is 19.1. The number of benzene rings is 3. The minimum atomic E-state index is -4.17. The Bertz CT molecular complexity index is 1440. The van der Waals surface area contributed by atoms with Gasteiger partial charge in [0.05, 0.1) is 20.6 Å². The summed E-state index contributed by atoms with van der Waals surface area (Å²) < 4.78 is 28.6. The average molecular weight is 603 g/mol. The summed E-state index contributed by atoms with van der Waals surface area (Å²) in [5.41, 5.74) is 2.07. The summed E-state index contributed by atoms with van der Waals surface area (Å²) in [7, 11) is -4.17. The van der Waals surface area contributed by atoms with E-state index < -0.39 is 28.5 Å².